The molecular formula is C18H16N4O2S. The topological polar surface area (TPSA) is 72.8 Å². The first kappa shape index (κ1) is 16.8. The number of benzene rings is 2. The third kappa shape index (κ3) is 3.72. The lowest BCUT2D eigenvalue weighted by molar-refractivity contribution is -0.384. The Balaban J connectivity index is 2.19. The summed E-state index contributed by atoms with van der Waals surface area (Å²) in [5, 5.41) is 21.3. The van der Waals surface area contributed by atoms with Crippen molar-refractivity contribution in [2.45, 2.75) is 13.8 Å². The average Bonchev–Trinajstić information content (AvgIpc) is 3.04. The van der Waals surface area contributed by atoms with Crippen molar-refractivity contribution in [3.8, 4) is 16.9 Å². The van der Waals surface area contributed by atoms with Crippen molar-refractivity contribution >= 4 is 22.7 Å². The molecule has 0 fully saturated rings. The van der Waals surface area contributed by atoms with Gasteiger partial charge in [-0.05, 0) is 43.7 Å². The molecule has 25 heavy (non-hydrogen) atoms. The van der Waals surface area contributed by atoms with E-state index in [-0.39, 0.29) is 5.69 Å². The highest BCUT2D eigenvalue weighted by Gasteiger charge is 2.12. The summed E-state index contributed by atoms with van der Waals surface area (Å²) in [6, 6.07) is 16.4. The van der Waals surface area contributed by atoms with Gasteiger partial charge in [0, 0.05) is 28.9 Å². The van der Waals surface area contributed by atoms with Gasteiger partial charge in [-0.25, -0.2) is 0 Å². The van der Waals surface area contributed by atoms with E-state index in [0.29, 0.717) is 0 Å². The number of nitro benzene ring substituents is 1. The number of hydrogen-bond donors (Lipinski definition) is 0. The molecule has 1 aromatic heterocycles. The zero-order valence-corrected chi connectivity index (χ0v) is 14.6. The Kier molecular flexibility index (Phi) is 4.85. The highest BCUT2D eigenvalue weighted by molar-refractivity contribution is 7.07. The van der Waals surface area contributed by atoms with Crippen LogP contribution in [0.15, 0.2) is 70.2 Å². The number of nitrogens with zero attached hydrogens (tertiary/aromatic N) is 4. The smallest absolute Gasteiger partial charge is 0.269 e. The maximum atomic E-state index is 10.9. The standard InChI is InChI=1S/C18H16N4O2S/c1-13(2)19-20-18-21(15-6-4-3-5-7-15)17(12-25-18)14-8-10-16(11-9-14)22(23)24/h3-12H,1-2H3. The molecule has 3 aromatic rings. The molecule has 3 rings (SSSR count). The largest absolute Gasteiger partial charge is 0.284 e. The Morgan fingerprint density at radius 2 is 1.76 bits per heavy atom. The lowest BCUT2D eigenvalue weighted by atomic mass is 10.1. The second-order valence-electron chi connectivity index (χ2n) is 5.53. The number of aromatic nitrogens is 1. The van der Waals surface area contributed by atoms with Crippen molar-refractivity contribution in [3.63, 3.8) is 0 Å². The summed E-state index contributed by atoms with van der Waals surface area (Å²) in [5.74, 6) is 0. The third-order valence-electron chi connectivity index (χ3n) is 3.43. The highest BCUT2D eigenvalue weighted by Crippen LogP contribution is 2.25. The predicted molar refractivity (Wildman–Crippen MR) is 100 cm³/mol. The van der Waals surface area contributed by atoms with Crippen molar-refractivity contribution in [2.24, 2.45) is 10.2 Å². The predicted octanol–water partition coefficient (Wildman–Crippen LogP) is 4.41. The first-order valence-corrected chi connectivity index (χ1v) is 8.50. The molecule has 0 saturated carbocycles. The number of nitro groups is 1. The van der Waals surface area contributed by atoms with Crippen LogP contribution in [0.25, 0.3) is 16.9 Å². The minimum Gasteiger partial charge on any atom is -0.284 e. The van der Waals surface area contributed by atoms with Gasteiger partial charge in [0.1, 0.15) is 0 Å². The van der Waals surface area contributed by atoms with E-state index in [1.54, 1.807) is 12.1 Å². The number of rotatable bonds is 4. The normalized spacial score (nSPS) is 11.4. The van der Waals surface area contributed by atoms with E-state index in [9.17, 15) is 10.1 Å². The Hall–Kier alpha value is -3.06. The SMILES string of the molecule is CC(C)=NN=c1scc(-c2ccc([N+](=O)[O-])cc2)n1-c1ccccc1. The van der Waals surface area contributed by atoms with Gasteiger partial charge in [-0.1, -0.05) is 18.2 Å². The van der Waals surface area contributed by atoms with Gasteiger partial charge in [-0.3, -0.25) is 14.7 Å². The number of hydrogen-bond acceptors (Lipinski definition) is 5. The van der Waals surface area contributed by atoms with Crippen LogP contribution in [-0.4, -0.2) is 15.2 Å². The summed E-state index contributed by atoms with van der Waals surface area (Å²) in [5.41, 5.74) is 3.68. The second kappa shape index (κ2) is 7.23. The van der Waals surface area contributed by atoms with E-state index < -0.39 is 4.92 Å². The van der Waals surface area contributed by atoms with Gasteiger partial charge in [0.25, 0.3) is 5.69 Å². The molecular weight excluding hydrogens is 336 g/mol. The molecule has 0 radical (unpaired) electrons. The molecule has 0 unspecified atom stereocenters. The van der Waals surface area contributed by atoms with Gasteiger partial charge >= 0.3 is 0 Å². The minimum atomic E-state index is -0.401. The van der Waals surface area contributed by atoms with Gasteiger partial charge in [0.05, 0.1) is 10.6 Å². The summed E-state index contributed by atoms with van der Waals surface area (Å²) >= 11 is 1.47. The lowest BCUT2D eigenvalue weighted by Crippen LogP contribution is -2.13. The van der Waals surface area contributed by atoms with Crippen molar-refractivity contribution in [3.05, 3.63) is 74.9 Å². The van der Waals surface area contributed by atoms with E-state index >= 15 is 0 Å². The van der Waals surface area contributed by atoms with E-state index in [1.807, 2.05) is 54.1 Å². The summed E-state index contributed by atoms with van der Waals surface area (Å²) in [6.07, 6.45) is 0. The van der Waals surface area contributed by atoms with Gasteiger partial charge < -0.3 is 0 Å². The Bertz CT molecular complexity index is 982. The van der Waals surface area contributed by atoms with Crippen LogP contribution in [0.1, 0.15) is 13.8 Å². The van der Waals surface area contributed by atoms with Crippen LogP contribution in [0.2, 0.25) is 0 Å². The van der Waals surface area contributed by atoms with Gasteiger partial charge in [0.15, 0.2) is 0 Å². The fourth-order valence-corrected chi connectivity index (χ4v) is 3.16. The van der Waals surface area contributed by atoms with Crippen LogP contribution in [-0.2, 0) is 0 Å². The third-order valence-corrected chi connectivity index (χ3v) is 4.25. The second-order valence-corrected chi connectivity index (χ2v) is 6.36. The molecule has 0 saturated heterocycles. The summed E-state index contributed by atoms with van der Waals surface area (Å²) in [4.78, 5) is 11.2. The first-order valence-electron chi connectivity index (χ1n) is 7.62. The number of thiazole rings is 1. The molecule has 1 heterocycles. The van der Waals surface area contributed by atoms with Crippen LogP contribution in [0.4, 0.5) is 5.69 Å². The zero-order chi connectivity index (χ0) is 17.8. The van der Waals surface area contributed by atoms with Crippen LogP contribution in [0.3, 0.4) is 0 Å². The van der Waals surface area contributed by atoms with Crippen molar-refractivity contribution in [1.29, 1.82) is 0 Å². The van der Waals surface area contributed by atoms with Crippen molar-refractivity contribution < 1.29 is 4.92 Å². The van der Waals surface area contributed by atoms with Crippen molar-refractivity contribution in [1.82, 2.24) is 4.57 Å². The molecule has 7 heteroatoms. The molecule has 0 bridgehead atoms. The Morgan fingerprint density at radius 3 is 2.36 bits per heavy atom. The Labute approximate surface area is 148 Å². The maximum Gasteiger partial charge on any atom is 0.269 e. The first-order chi connectivity index (χ1) is 12.1. The van der Waals surface area contributed by atoms with Crippen LogP contribution in [0, 0.1) is 10.1 Å². The molecule has 0 aliphatic rings. The molecule has 0 aliphatic heterocycles. The summed E-state index contributed by atoms with van der Waals surface area (Å²) in [7, 11) is 0. The van der Waals surface area contributed by atoms with Gasteiger partial charge in [0.2, 0.25) is 4.80 Å². The Morgan fingerprint density at radius 1 is 1.08 bits per heavy atom. The monoisotopic (exact) mass is 352 g/mol. The molecule has 0 amide bonds. The molecule has 126 valence electrons. The zero-order valence-electron chi connectivity index (χ0n) is 13.8. The van der Waals surface area contributed by atoms with Gasteiger partial charge in [-0.2, -0.15) is 5.10 Å². The molecule has 2 aromatic carbocycles. The van der Waals surface area contributed by atoms with Gasteiger partial charge in [-0.15, -0.1) is 16.4 Å². The lowest BCUT2D eigenvalue weighted by Gasteiger charge is -2.08. The molecule has 0 N–H and O–H groups in total. The van der Waals surface area contributed by atoms with Crippen LogP contribution >= 0.6 is 11.3 Å². The molecule has 0 aliphatic carbocycles. The minimum absolute atomic E-state index is 0.0707. The summed E-state index contributed by atoms with van der Waals surface area (Å²) in [6.45, 7) is 3.78. The molecule has 0 spiro atoms. The van der Waals surface area contributed by atoms with E-state index in [1.165, 1.54) is 23.5 Å². The van der Waals surface area contributed by atoms with Crippen LogP contribution < -0.4 is 4.80 Å². The fraction of sp³-hybridized carbons (Fsp3) is 0.111. The number of non-ortho nitro benzene ring substituents is 1. The van der Waals surface area contributed by atoms with E-state index in [2.05, 4.69) is 10.2 Å². The van der Waals surface area contributed by atoms with Crippen molar-refractivity contribution in [2.75, 3.05) is 0 Å². The fourth-order valence-electron chi connectivity index (χ4n) is 2.31. The van der Waals surface area contributed by atoms with Crippen LogP contribution in [0.5, 0.6) is 0 Å². The quantitative estimate of drug-likeness (QED) is 0.396. The highest BCUT2D eigenvalue weighted by atomic mass is 32.1. The maximum absolute atomic E-state index is 10.9. The number of para-hydroxylation sites is 1. The molecule has 0 atom stereocenters. The average molecular weight is 352 g/mol. The van der Waals surface area contributed by atoms with E-state index in [0.717, 1.165) is 27.5 Å². The van der Waals surface area contributed by atoms with E-state index in [4.69, 9.17) is 0 Å². The summed E-state index contributed by atoms with van der Waals surface area (Å²) < 4.78 is 2.00. The molecule has 6 nitrogen and oxygen atoms in total.